The van der Waals surface area contributed by atoms with Crippen LogP contribution in [0.25, 0.3) is 10.8 Å². The molecule has 3 aromatic carbocycles. The fourth-order valence-electron chi connectivity index (χ4n) is 4.80. The maximum Gasteiger partial charge on any atom is 0.248 e. The van der Waals surface area contributed by atoms with E-state index >= 15 is 0 Å². The van der Waals surface area contributed by atoms with E-state index in [0.29, 0.717) is 25.1 Å². The number of benzene rings is 3. The Labute approximate surface area is 240 Å². The second-order valence-electron chi connectivity index (χ2n) is 10.1. The average Bonchev–Trinajstić information content (AvgIpc) is 2.99. The molecule has 41 heavy (non-hydrogen) atoms. The number of amides is 1. The van der Waals surface area contributed by atoms with Gasteiger partial charge in [-0.05, 0) is 53.8 Å². The van der Waals surface area contributed by atoms with E-state index in [-0.39, 0.29) is 25.0 Å². The number of ketones is 1. The van der Waals surface area contributed by atoms with Crippen LogP contribution >= 0.6 is 0 Å². The summed E-state index contributed by atoms with van der Waals surface area (Å²) < 4.78 is 0. The van der Waals surface area contributed by atoms with Crippen molar-refractivity contribution < 1.29 is 9.59 Å². The number of nitrogens with two attached hydrogens (primary N) is 3. The lowest BCUT2D eigenvalue weighted by atomic mass is 9.84. The van der Waals surface area contributed by atoms with Crippen molar-refractivity contribution >= 4 is 28.4 Å². The van der Waals surface area contributed by atoms with Crippen molar-refractivity contribution in [2.24, 2.45) is 22.2 Å². The van der Waals surface area contributed by atoms with Crippen molar-refractivity contribution in [3.63, 3.8) is 0 Å². The number of guanidine groups is 1. The Hall–Kier alpha value is -4.60. The van der Waals surface area contributed by atoms with Crippen LogP contribution in [0.3, 0.4) is 0 Å². The number of rotatable bonds is 13. The van der Waals surface area contributed by atoms with Gasteiger partial charge in [0.25, 0.3) is 0 Å². The zero-order chi connectivity index (χ0) is 29.2. The topological polar surface area (TPSA) is 162 Å². The quantitative estimate of drug-likeness (QED) is 0.0560. The first-order valence-electron chi connectivity index (χ1n) is 13.6. The number of fused-ring (bicyclic) bond motifs is 1. The second-order valence-corrected chi connectivity index (χ2v) is 10.1. The van der Waals surface area contributed by atoms with E-state index in [4.69, 9.17) is 17.2 Å². The number of Topliss-reactive ketones (excluding diaryl/α,β-unsaturated/α-hetero) is 1. The summed E-state index contributed by atoms with van der Waals surface area (Å²) in [5, 5.41) is 8.43. The fraction of sp³-hybridized carbons (Fsp3) is 0.250. The first kappa shape index (κ1) is 29.4. The van der Waals surface area contributed by atoms with E-state index in [1.54, 1.807) is 18.3 Å². The highest BCUT2D eigenvalue weighted by Crippen LogP contribution is 2.26. The Bertz CT molecular complexity index is 1500. The van der Waals surface area contributed by atoms with E-state index in [2.05, 4.69) is 20.6 Å². The Balaban J connectivity index is 1.49. The molecule has 0 saturated heterocycles. The minimum absolute atomic E-state index is 0.0554. The van der Waals surface area contributed by atoms with Gasteiger partial charge in [0.2, 0.25) is 5.91 Å². The van der Waals surface area contributed by atoms with Gasteiger partial charge in [0.05, 0.1) is 11.7 Å². The van der Waals surface area contributed by atoms with Crippen LogP contribution in [0.5, 0.6) is 0 Å². The van der Waals surface area contributed by atoms with Gasteiger partial charge in [-0.25, -0.2) is 0 Å². The molecule has 0 radical (unpaired) electrons. The van der Waals surface area contributed by atoms with E-state index in [0.717, 1.165) is 27.6 Å². The molecule has 1 aromatic heterocycles. The molecular formula is C32H37N7O2. The highest BCUT2D eigenvalue weighted by Gasteiger charge is 2.42. The summed E-state index contributed by atoms with van der Waals surface area (Å²) in [5.74, 6) is -1.06. The lowest BCUT2D eigenvalue weighted by molar-refractivity contribution is -0.125. The van der Waals surface area contributed by atoms with Gasteiger partial charge in [-0.15, -0.1) is 0 Å². The molecular weight excluding hydrogens is 514 g/mol. The molecule has 2 atom stereocenters. The van der Waals surface area contributed by atoms with Crippen molar-refractivity contribution in [2.45, 2.75) is 44.4 Å². The molecule has 0 aliphatic carbocycles. The molecule has 0 saturated carbocycles. The highest BCUT2D eigenvalue weighted by atomic mass is 16.2. The van der Waals surface area contributed by atoms with Crippen molar-refractivity contribution in [3.8, 4) is 0 Å². The number of aliphatic imine (C=N–C) groups is 1. The number of carbonyl (C=O) groups excluding carboxylic acids is 2. The zero-order valence-corrected chi connectivity index (χ0v) is 23.2. The third kappa shape index (κ3) is 7.53. The summed E-state index contributed by atoms with van der Waals surface area (Å²) in [6.07, 6.45) is 2.18. The maximum atomic E-state index is 13.8. The van der Waals surface area contributed by atoms with Crippen LogP contribution in [0.2, 0.25) is 0 Å². The van der Waals surface area contributed by atoms with Gasteiger partial charge in [-0.2, -0.15) is 0 Å². The van der Waals surface area contributed by atoms with Gasteiger partial charge in [-0.1, -0.05) is 72.8 Å². The Morgan fingerprint density at radius 2 is 1.66 bits per heavy atom. The first-order valence-corrected chi connectivity index (χ1v) is 13.6. The molecule has 212 valence electrons. The number of aromatic nitrogens is 1. The highest BCUT2D eigenvalue weighted by molar-refractivity contribution is 6.17. The minimum Gasteiger partial charge on any atom is -0.370 e. The molecule has 9 nitrogen and oxygen atoms in total. The number of nitrogens with one attached hydrogen (secondary N) is 2. The van der Waals surface area contributed by atoms with Crippen LogP contribution in [0, 0.1) is 0 Å². The van der Waals surface area contributed by atoms with Crippen LogP contribution in [0.15, 0.2) is 96.1 Å². The molecule has 0 unspecified atom stereocenters. The molecule has 0 aliphatic heterocycles. The Morgan fingerprint density at radius 1 is 0.927 bits per heavy atom. The Kier molecular flexibility index (Phi) is 9.78. The summed E-state index contributed by atoms with van der Waals surface area (Å²) >= 11 is 0. The van der Waals surface area contributed by atoms with Crippen molar-refractivity contribution in [2.75, 3.05) is 6.54 Å². The lowest BCUT2D eigenvalue weighted by Crippen LogP contribution is -2.60. The van der Waals surface area contributed by atoms with Gasteiger partial charge in [-0.3, -0.25) is 19.6 Å². The van der Waals surface area contributed by atoms with E-state index < -0.39 is 17.2 Å². The number of hydrogen-bond donors (Lipinski definition) is 5. The molecule has 0 bridgehead atoms. The van der Waals surface area contributed by atoms with E-state index in [1.807, 2.05) is 79.7 Å². The van der Waals surface area contributed by atoms with Gasteiger partial charge >= 0.3 is 0 Å². The predicted molar refractivity (Wildman–Crippen MR) is 163 cm³/mol. The van der Waals surface area contributed by atoms with Gasteiger partial charge in [0.15, 0.2) is 17.3 Å². The molecule has 4 rings (SSSR count). The molecule has 0 spiro atoms. The monoisotopic (exact) mass is 551 g/mol. The molecule has 0 fully saturated rings. The molecule has 8 N–H and O–H groups in total. The van der Waals surface area contributed by atoms with Crippen LogP contribution in [-0.2, 0) is 17.9 Å². The molecule has 9 heteroatoms. The van der Waals surface area contributed by atoms with Gasteiger partial charge < -0.3 is 27.8 Å². The normalized spacial score (nSPS) is 13.2. The summed E-state index contributed by atoms with van der Waals surface area (Å²) in [6, 6.07) is 26.4. The Morgan fingerprint density at radius 3 is 2.39 bits per heavy atom. The van der Waals surface area contributed by atoms with E-state index in [9.17, 15) is 9.59 Å². The van der Waals surface area contributed by atoms with Gasteiger partial charge in [0, 0.05) is 31.4 Å². The van der Waals surface area contributed by atoms with Crippen molar-refractivity contribution in [1.29, 1.82) is 0 Å². The van der Waals surface area contributed by atoms with Crippen molar-refractivity contribution in [3.05, 3.63) is 114 Å². The summed E-state index contributed by atoms with van der Waals surface area (Å²) in [6.45, 7) is 3.36. The standard InChI is InChI=1S/C32H37N7O2/c1-22(27-12-6-9-24-8-2-3-11-28(24)27)39-30(41)32(35,17-7-19-38-31(33)34)29(40)25-15-13-23(14-16-25)20-36-21-26-10-4-5-18-37-26/h2-6,8-16,18,22,36H,7,17,19-21,35H2,1H3,(H,39,41)(H4,33,34,38)/t22-,32+/m0/s1. The summed E-state index contributed by atoms with van der Waals surface area (Å²) in [7, 11) is 0. The summed E-state index contributed by atoms with van der Waals surface area (Å²) in [4.78, 5) is 35.8. The third-order valence-electron chi connectivity index (χ3n) is 7.05. The predicted octanol–water partition coefficient (Wildman–Crippen LogP) is 3.34. The van der Waals surface area contributed by atoms with Gasteiger partial charge in [0.1, 0.15) is 0 Å². The second kappa shape index (κ2) is 13.6. The van der Waals surface area contributed by atoms with Crippen molar-refractivity contribution in [1.82, 2.24) is 15.6 Å². The van der Waals surface area contributed by atoms with Crippen LogP contribution < -0.4 is 27.8 Å². The fourth-order valence-corrected chi connectivity index (χ4v) is 4.80. The average molecular weight is 552 g/mol. The lowest BCUT2D eigenvalue weighted by Gasteiger charge is -2.29. The molecule has 4 aromatic rings. The maximum absolute atomic E-state index is 13.8. The van der Waals surface area contributed by atoms with Crippen LogP contribution in [-0.4, -0.2) is 34.7 Å². The van der Waals surface area contributed by atoms with E-state index in [1.165, 1.54) is 0 Å². The molecule has 1 amide bonds. The first-order chi connectivity index (χ1) is 19.8. The largest absolute Gasteiger partial charge is 0.370 e. The number of nitrogens with zero attached hydrogens (tertiary/aromatic N) is 2. The van der Waals surface area contributed by atoms with Crippen LogP contribution in [0.4, 0.5) is 0 Å². The SMILES string of the molecule is C[C@H](NC(=O)[C@@](N)(CCCN=C(N)N)C(=O)c1ccc(CNCc2ccccn2)cc1)c1cccc2ccccc12. The third-order valence-corrected chi connectivity index (χ3v) is 7.05. The number of hydrogen-bond acceptors (Lipinski definition) is 6. The number of carbonyl (C=O) groups is 2. The molecule has 0 aliphatic rings. The molecule has 1 heterocycles. The zero-order valence-electron chi connectivity index (χ0n) is 23.2. The number of pyridine rings is 1. The van der Waals surface area contributed by atoms with Crippen LogP contribution in [0.1, 0.15) is 53.0 Å². The minimum atomic E-state index is -1.81. The summed E-state index contributed by atoms with van der Waals surface area (Å²) in [5.41, 5.74) is 19.0. The smallest absolute Gasteiger partial charge is 0.248 e.